The molecule has 21 heteroatoms. The van der Waals surface area contributed by atoms with E-state index in [1.807, 2.05) is 30.4 Å². The molecule has 11 rings (SSSR count). The Morgan fingerprint density at radius 1 is 0.792 bits per heavy atom. The van der Waals surface area contributed by atoms with Crippen LogP contribution in [-0.4, -0.2) is 164 Å². The van der Waals surface area contributed by atoms with E-state index in [1.54, 1.807) is 17.3 Å². The van der Waals surface area contributed by atoms with Gasteiger partial charge in [0.15, 0.2) is 23.8 Å². The number of piperidine rings is 2. The Morgan fingerprint density at radius 2 is 1.50 bits per heavy atom. The molecular weight excluding hydrogens is 919 g/mol. The molecule has 9 heterocycles. The molecule has 72 heavy (non-hydrogen) atoms. The minimum Gasteiger partial charge on any atom is -0.439 e. The third kappa shape index (κ3) is 8.82. The lowest BCUT2D eigenvalue weighted by Gasteiger charge is -2.50. The van der Waals surface area contributed by atoms with Crippen LogP contribution in [-0.2, 0) is 31.1 Å². The summed E-state index contributed by atoms with van der Waals surface area (Å²) in [5.74, 6) is 1.58. The van der Waals surface area contributed by atoms with Crippen LogP contribution in [0.2, 0.25) is 0 Å². The third-order valence-corrected chi connectivity index (χ3v) is 16.0. The number of imide groups is 1. The van der Waals surface area contributed by atoms with Gasteiger partial charge in [-0.1, -0.05) is 11.2 Å². The van der Waals surface area contributed by atoms with Crippen molar-refractivity contribution >= 4 is 57.7 Å². The predicted octanol–water partition coefficient (Wildman–Crippen LogP) is 4.42. The summed E-state index contributed by atoms with van der Waals surface area (Å²) in [4.78, 5) is 82.5. The van der Waals surface area contributed by atoms with E-state index in [4.69, 9.17) is 30.1 Å². The summed E-state index contributed by atoms with van der Waals surface area (Å²) in [5, 5.41) is 12.6. The van der Waals surface area contributed by atoms with Crippen LogP contribution in [0.1, 0.15) is 90.4 Å². The first-order chi connectivity index (χ1) is 34.6. The molecule has 5 aliphatic heterocycles. The molecule has 1 aliphatic carbocycles. The SMILES string of the molecule is CC(C)(C1CCN(C(=O)COC(=O)N2CCN(c3cnc(-c4c(-c5nn(C(C)(C)C)c6ncnc(N)c56)noc4C4CC4)nc3)CC2)CC1)N1CCN(c2cccc3c2CCN3[C@H]2CCC(=O)NC2=O)CC1. The second-order valence-corrected chi connectivity index (χ2v) is 21.7. The fraction of sp³-hybridized carbons (Fsp3) is 0.569. The lowest BCUT2D eigenvalue weighted by atomic mass is 9.78. The fourth-order valence-electron chi connectivity index (χ4n) is 11.6. The number of nitrogens with two attached hydrogens (primary N) is 1. The number of ether oxygens (including phenoxy) is 1. The average molecular weight is 984 g/mol. The van der Waals surface area contributed by atoms with Crippen molar-refractivity contribution < 1.29 is 28.4 Å². The summed E-state index contributed by atoms with van der Waals surface area (Å²) in [6.45, 7) is 18.2. The summed E-state index contributed by atoms with van der Waals surface area (Å²) < 4.78 is 13.4. The van der Waals surface area contributed by atoms with Crippen LogP contribution >= 0.6 is 0 Å². The minimum atomic E-state index is -0.489. The van der Waals surface area contributed by atoms with Gasteiger partial charge in [0, 0.05) is 107 Å². The molecule has 6 aliphatic rings. The highest BCUT2D eigenvalue weighted by Gasteiger charge is 2.42. The van der Waals surface area contributed by atoms with E-state index in [2.05, 4.69) is 72.1 Å². The number of amides is 4. The second-order valence-electron chi connectivity index (χ2n) is 21.7. The average Bonchev–Trinajstić information content (AvgIpc) is 3.77. The van der Waals surface area contributed by atoms with Gasteiger partial charge in [0.25, 0.3) is 5.91 Å². The third-order valence-electron chi connectivity index (χ3n) is 16.0. The molecule has 0 radical (unpaired) electrons. The first kappa shape index (κ1) is 47.4. The summed E-state index contributed by atoms with van der Waals surface area (Å²) in [5.41, 5.74) is 12.7. The molecule has 4 amide bonds. The maximum Gasteiger partial charge on any atom is 0.410 e. The van der Waals surface area contributed by atoms with Gasteiger partial charge in [0.2, 0.25) is 11.8 Å². The van der Waals surface area contributed by atoms with Gasteiger partial charge in [-0.05, 0) is 91.2 Å². The van der Waals surface area contributed by atoms with Crippen molar-refractivity contribution in [2.24, 2.45) is 5.92 Å². The van der Waals surface area contributed by atoms with Gasteiger partial charge in [-0.2, -0.15) is 5.10 Å². The van der Waals surface area contributed by atoms with E-state index in [1.165, 1.54) is 17.6 Å². The number of fused-ring (bicyclic) bond motifs is 2. The monoisotopic (exact) mass is 984 g/mol. The molecule has 0 bridgehead atoms. The van der Waals surface area contributed by atoms with E-state index in [9.17, 15) is 19.2 Å². The molecule has 1 atom stereocenters. The number of nitrogens with zero attached hydrogens (tertiary/aromatic N) is 13. The van der Waals surface area contributed by atoms with Crippen molar-refractivity contribution in [2.75, 3.05) is 99.0 Å². The number of carbonyl (C=O) groups is 4. The lowest BCUT2D eigenvalue weighted by Crippen LogP contribution is -2.59. The van der Waals surface area contributed by atoms with Crippen LogP contribution in [0, 0.1) is 5.92 Å². The van der Waals surface area contributed by atoms with E-state index in [0.29, 0.717) is 97.7 Å². The largest absolute Gasteiger partial charge is 0.439 e. The quantitative estimate of drug-likeness (QED) is 0.185. The highest BCUT2D eigenvalue weighted by molar-refractivity contribution is 6.02. The van der Waals surface area contributed by atoms with Crippen molar-refractivity contribution in [3.8, 4) is 22.8 Å². The number of piperazine rings is 2. The van der Waals surface area contributed by atoms with Crippen molar-refractivity contribution in [3.63, 3.8) is 0 Å². The molecule has 5 fully saturated rings. The molecule has 4 saturated heterocycles. The zero-order chi connectivity index (χ0) is 50.1. The topological polar surface area (TPSA) is 230 Å². The Morgan fingerprint density at radius 3 is 2.19 bits per heavy atom. The molecule has 21 nitrogen and oxygen atoms in total. The maximum atomic E-state index is 13.4. The minimum absolute atomic E-state index is 0.0510. The van der Waals surface area contributed by atoms with Crippen molar-refractivity contribution in [2.45, 2.75) is 103 Å². The van der Waals surface area contributed by atoms with Crippen molar-refractivity contribution in [1.82, 2.24) is 54.9 Å². The molecule has 0 unspecified atom stereocenters. The lowest BCUT2D eigenvalue weighted by molar-refractivity contribution is -0.137. The zero-order valence-electron chi connectivity index (χ0n) is 42.0. The number of carbonyl (C=O) groups excluding carboxylic acids is 4. The molecule has 4 aromatic heterocycles. The molecule has 1 saturated carbocycles. The van der Waals surface area contributed by atoms with Gasteiger partial charge < -0.3 is 39.5 Å². The molecular formula is C51H65N15O6. The molecule has 380 valence electrons. The number of anilines is 4. The summed E-state index contributed by atoms with van der Waals surface area (Å²) in [6, 6.07) is 6.10. The number of hydrogen-bond donors (Lipinski definition) is 2. The second kappa shape index (κ2) is 18.6. The number of nitrogens with one attached hydrogen (secondary N) is 1. The van der Waals surface area contributed by atoms with E-state index >= 15 is 0 Å². The smallest absolute Gasteiger partial charge is 0.410 e. The van der Waals surface area contributed by atoms with Crippen LogP contribution in [0.4, 0.5) is 27.7 Å². The Hall–Kier alpha value is -6.90. The Balaban J connectivity index is 0.645. The van der Waals surface area contributed by atoms with E-state index in [-0.39, 0.29) is 41.8 Å². The first-order valence-electron chi connectivity index (χ1n) is 25.6. The van der Waals surface area contributed by atoms with Crippen LogP contribution in [0.15, 0.2) is 41.4 Å². The zero-order valence-corrected chi connectivity index (χ0v) is 42.0. The van der Waals surface area contributed by atoms with Crippen LogP contribution < -0.4 is 25.8 Å². The summed E-state index contributed by atoms with van der Waals surface area (Å²) in [7, 11) is 0. The normalized spacial score (nSPS) is 20.6. The number of benzene rings is 1. The first-order valence-corrected chi connectivity index (χ1v) is 25.6. The number of aromatic nitrogens is 7. The molecule has 0 spiro atoms. The maximum absolute atomic E-state index is 13.4. The van der Waals surface area contributed by atoms with Gasteiger partial charge in [-0.3, -0.25) is 24.6 Å². The van der Waals surface area contributed by atoms with Crippen molar-refractivity contribution in [1.29, 1.82) is 0 Å². The van der Waals surface area contributed by atoms with Gasteiger partial charge in [0.05, 0.1) is 34.6 Å². The van der Waals surface area contributed by atoms with Gasteiger partial charge in [0.1, 0.15) is 29.6 Å². The fourth-order valence-corrected chi connectivity index (χ4v) is 11.6. The molecule has 5 aromatic rings. The number of likely N-dealkylation sites (tertiary alicyclic amines) is 1. The highest BCUT2D eigenvalue weighted by Crippen LogP contribution is 2.48. The Bertz CT molecular complexity index is 2880. The van der Waals surface area contributed by atoms with Crippen LogP contribution in [0.25, 0.3) is 33.8 Å². The van der Waals surface area contributed by atoms with E-state index < -0.39 is 11.6 Å². The summed E-state index contributed by atoms with van der Waals surface area (Å²) >= 11 is 0. The summed E-state index contributed by atoms with van der Waals surface area (Å²) in [6.07, 6.45) is 10.1. The van der Waals surface area contributed by atoms with Crippen LogP contribution in [0.3, 0.4) is 0 Å². The number of rotatable bonds is 10. The Kier molecular flexibility index (Phi) is 12.3. The van der Waals surface area contributed by atoms with E-state index in [0.717, 1.165) is 82.0 Å². The predicted molar refractivity (Wildman–Crippen MR) is 269 cm³/mol. The number of nitrogen functional groups attached to an aromatic ring is 1. The molecule has 1 aromatic carbocycles. The van der Waals surface area contributed by atoms with Gasteiger partial charge in [-0.15, -0.1) is 0 Å². The van der Waals surface area contributed by atoms with Gasteiger partial charge in [-0.25, -0.2) is 29.4 Å². The van der Waals surface area contributed by atoms with Gasteiger partial charge >= 0.3 is 6.09 Å². The van der Waals surface area contributed by atoms with Crippen molar-refractivity contribution in [3.05, 3.63) is 48.2 Å². The number of hydrogen-bond acceptors (Lipinski definition) is 17. The Labute approximate surface area is 418 Å². The van der Waals surface area contributed by atoms with Crippen LogP contribution in [0.5, 0.6) is 0 Å². The highest BCUT2D eigenvalue weighted by atomic mass is 16.6. The standard InChI is InChI=1S/C51H65N15O6/c1-50(2,3)66-47-41(45(52)55-30-56-47)42(58-66)43-40(44(72-59-43)31-9-10-31)46-53-27-33(28-54-46)60-19-21-63(22-20-60)49(70)71-29-39(68)62-16-13-32(14-17-62)51(4,5)64-25-23-61(24-26-64)35-7-6-8-36-34(35)15-18-65(36)37-11-12-38(67)57-48(37)69/h6-8,27-28,30-32,37H,9-26,29H2,1-5H3,(H2,52,55,56)(H,57,67,69)/t37-/m0/s1. The molecule has 3 N–H and O–H groups in total.